The van der Waals surface area contributed by atoms with Crippen molar-refractivity contribution >= 4 is 39.8 Å². The molecule has 3 aromatic rings. The minimum atomic E-state index is -1.03. The van der Waals surface area contributed by atoms with E-state index in [1.165, 1.54) is 17.4 Å². The molecule has 9 nitrogen and oxygen atoms in total. The summed E-state index contributed by atoms with van der Waals surface area (Å²) in [5, 5.41) is 1.61. The zero-order valence-corrected chi connectivity index (χ0v) is 25.6. The number of amides is 1. The summed E-state index contributed by atoms with van der Waals surface area (Å²) in [7, 11) is 0. The largest absolute Gasteiger partial charge is 0.458 e. The van der Waals surface area contributed by atoms with Gasteiger partial charge in [0.25, 0.3) is 5.91 Å². The first kappa shape index (κ1) is 29.7. The molecule has 3 fully saturated rings. The van der Waals surface area contributed by atoms with Crippen LogP contribution in [-0.2, 0) is 17.8 Å². The number of aromatic nitrogens is 2. The summed E-state index contributed by atoms with van der Waals surface area (Å²) in [4.78, 5) is 34.1. The quantitative estimate of drug-likeness (QED) is 0.267. The van der Waals surface area contributed by atoms with E-state index in [0.29, 0.717) is 50.0 Å². The third-order valence-electron chi connectivity index (χ3n) is 9.65. The van der Waals surface area contributed by atoms with Crippen LogP contribution in [0.25, 0.3) is 15.6 Å². The van der Waals surface area contributed by atoms with Gasteiger partial charge in [0.1, 0.15) is 23.8 Å². The van der Waals surface area contributed by atoms with Crippen molar-refractivity contribution in [2.45, 2.75) is 50.4 Å². The van der Waals surface area contributed by atoms with Gasteiger partial charge in [0, 0.05) is 48.9 Å². The van der Waals surface area contributed by atoms with Gasteiger partial charge in [0.05, 0.1) is 17.3 Å². The van der Waals surface area contributed by atoms with E-state index in [-0.39, 0.29) is 24.2 Å². The maximum absolute atomic E-state index is 14.6. The Morgan fingerprint density at radius 3 is 2.67 bits per heavy atom. The van der Waals surface area contributed by atoms with E-state index in [9.17, 15) is 13.6 Å². The second-order valence-electron chi connectivity index (χ2n) is 12.2. The molecule has 1 aromatic heterocycles. The molecule has 7 rings (SSSR count). The van der Waals surface area contributed by atoms with Gasteiger partial charge in [-0.25, -0.2) is 15.4 Å². The first-order valence-electron chi connectivity index (χ1n) is 15.5. The Morgan fingerprint density at radius 1 is 1.11 bits per heavy atom. The number of benzene rings is 2. The van der Waals surface area contributed by atoms with E-state index in [1.807, 2.05) is 18.2 Å². The summed E-state index contributed by atoms with van der Waals surface area (Å²) in [5.41, 5.74) is 2.61. The zero-order chi connectivity index (χ0) is 31.2. The number of hydrogen-bond donors (Lipinski definition) is 0. The molecule has 1 saturated carbocycles. The number of piperazine rings is 1. The van der Waals surface area contributed by atoms with E-state index in [2.05, 4.69) is 26.1 Å². The Morgan fingerprint density at radius 2 is 1.96 bits per heavy atom. The molecule has 45 heavy (non-hydrogen) atoms. The van der Waals surface area contributed by atoms with Crippen LogP contribution in [-0.4, -0.2) is 89.7 Å². The minimum Gasteiger partial charge on any atom is -0.458 e. The number of anilines is 2. The molecule has 0 N–H and O–H groups in total. The summed E-state index contributed by atoms with van der Waals surface area (Å²) >= 11 is 6.50. The first-order chi connectivity index (χ1) is 21.8. The molecule has 3 aliphatic heterocycles. The van der Waals surface area contributed by atoms with Gasteiger partial charge in [-0.1, -0.05) is 36.4 Å². The maximum Gasteiger partial charge on any atom is 0.319 e. The average Bonchev–Trinajstić information content (AvgIpc) is 3.01. The normalized spacial score (nSPS) is 23.2. The van der Waals surface area contributed by atoms with Gasteiger partial charge >= 0.3 is 6.01 Å². The van der Waals surface area contributed by atoms with Crippen LogP contribution in [0.4, 0.5) is 20.3 Å². The van der Waals surface area contributed by atoms with Crippen LogP contribution in [0.3, 0.4) is 0 Å². The molecule has 12 heteroatoms. The van der Waals surface area contributed by atoms with Crippen LogP contribution in [0.5, 0.6) is 6.01 Å². The number of carbonyl (C=O) groups excluding carboxylic acids is 1. The highest BCUT2D eigenvalue weighted by atomic mass is 35.5. The fraction of sp³-hybridized carbons (Fsp3) is 0.455. The van der Waals surface area contributed by atoms with E-state index >= 15 is 0 Å². The van der Waals surface area contributed by atoms with Crippen molar-refractivity contribution in [3.63, 3.8) is 0 Å². The molecule has 0 spiro atoms. The Bertz CT molecular complexity index is 1710. The minimum absolute atomic E-state index is 0.00985. The Balaban J connectivity index is 1.23. The van der Waals surface area contributed by atoms with E-state index in [0.717, 1.165) is 54.1 Å². The van der Waals surface area contributed by atoms with Gasteiger partial charge in [-0.3, -0.25) is 9.69 Å². The van der Waals surface area contributed by atoms with Crippen molar-refractivity contribution < 1.29 is 18.3 Å². The number of likely N-dealkylation sites (tertiary alicyclic amines) is 1. The van der Waals surface area contributed by atoms with Gasteiger partial charge in [0.15, 0.2) is 5.83 Å². The third-order valence-corrected chi connectivity index (χ3v) is 10.0. The van der Waals surface area contributed by atoms with Crippen molar-refractivity contribution in [3.05, 3.63) is 76.3 Å². The van der Waals surface area contributed by atoms with Crippen LogP contribution in [0.1, 0.15) is 30.5 Å². The molecular weight excluding hydrogens is 600 g/mol. The lowest BCUT2D eigenvalue weighted by Gasteiger charge is -2.47. The highest BCUT2D eigenvalue weighted by Crippen LogP contribution is 2.39. The standard InChI is InChI=1S/C33H34ClF2N7O2/c1-20(35)32(44)43-16-15-42(18-22(43)17-37-2)31-23-11-14-41(27-6-3-5-21-7-8-24(36)30(34)29(21)27)19-25(23)38-33(39-31)45-28-10-9-26(28)40-12-4-13-40/h3,5-8,22,26,28H,1,4,9-19H2/t22-,26?,28?/m0/s1. The molecule has 1 amide bonds. The lowest BCUT2D eigenvalue weighted by molar-refractivity contribution is -0.131. The number of fused-ring (bicyclic) bond motifs is 2. The first-order valence-corrected chi connectivity index (χ1v) is 15.9. The monoisotopic (exact) mass is 633 g/mol. The van der Waals surface area contributed by atoms with Crippen LogP contribution >= 0.6 is 11.6 Å². The number of carbonyl (C=O) groups is 1. The zero-order valence-electron chi connectivity index (χ0n) is 24.9. The Hall–Kier alpha value is -4.01. The van der Waals surface area contributed by atoms with Gasteiger partial charge in [0.2, 0.25) is 6.54 Å². The number of halogens is 3. The van der Waals surface area contributed by atoms with Gasteiger partial charge in [-0.15, -0.1) is 0 Å². The topological polar surface area (TPSA) is 69.4 Å². The molecule has 1 aliphatic carbocycles. The highest BCUT2D eigenvalue weighted by molar-refractivity contribution is 6.36. The van der Waals surface area contributed by atoms with Crippen molar-refractivity contribution in [3.8, 4) is 6.01 Å². The Kier molecular flexibility index (Phi) is 7.96. The van der Waals surface area contributed by atoms with Crippen LogP contribution in [0, 0.1) is 12.4 Å². The molecular formula is C33H34ClF2N7O2. The molecule has 4 heterocycles. The fourth-order valence-electron chi connectivity index (χ4n) is 7.01. The molecule has 2 unspecified atom stereocenters. The molecule has 0 bridgehead atoms. The van der Waals surface area contributed by atoms with E-state index in [4.69, 9.17) is 32.9 Å². The summed E-state index contributed by atoms with van der Waals surface area (Å²) in [6.45, 7) is 14.9. The summed E-state index contributed by atoms with van der Waals surface area (Å²) in [5.74, 6) is -1.55. The second kappa shape index (κ2) is 12.1. The smallest absolute Gasteiger partial charge is 0.319 e. The SMILES string of the molecule is [C-]#[N+]C[C@H]1CN(c2nc(OC3CCC3N3CCC3)nc3c2CCN(c2cccc4ccc(F)c(Cl)c24)C3)CCN1C(=O)C(=C)F. The molecule has 3 atom stereocenters. The van der Waals surface area contributed by atoms with Crippen molar-refractivity contribution in [1.82, 2.24) is 19.8 Å². The molecule has 4 aliphatic rings. The summed E-state index contributed by atoms with van der Waals surface area (Å²) in [6.07, 6.45) is 3.85. The van der Waals surface area contributed by atoms with Crippen LogP contribution in [0.15, 0.2) is 42.7 Å². The highest BCUT2D eigenvalue weighted by Gasteiger charge is 2.41. The second-order valence-corrected chi connectivity index (χ2v) is 12.6. The van der Waals surface area contributed by atoms with E-state index < -0.39 is 23.6 Å². The maximum atomic E-state index is 14.6. The van der Waals surface area contributed by atoms with Crippen molar-refractivity contribution in [1.29, 1.82) is 0 Å². The molecule has 2 saturated heterocycles. The number of ether oxygens (including phenoxy) is 1. The fourth-order valence-corrected chi connectivity index (χ4v) is 7.28. The summed E-state index contributed by atoms with van der Waals surface area (Å²) < 4.78 is 34.9. The molecule has 0 radical (unpaired) electrons. The van der Waals surface area contributed by atoms with Crippen LogP contribution < -0.4 is 14.5 Å². The predicted octanol–water partition coefficient (Wildman–Crippen LogP) is 5.02. The number of hydrogen-bond acceptors (Lipinski definition) is 7. The van der Waals surface area contributed by atoms with Crippen molar-refractivity contribution in [2.24, 2.45) is 0 Å². The van der Waals surface area contributed by atoms with Crippen molar-refractivity contribution in [2.75, 3.05) is 55.6 Å². The summed E-state index contributed by atoms with van der Waals surface area (Å²) in [6, 6.07) is 9.09. The average molecular weight is 634 g/mol. The van der Waals surface area contributed by atoms with E-state index in [1.54, 1.807) is 6.07 Å². The lowest BCUT2D eigenvalue weighted by atomic mass is 9.86. The molecule has 2 aromatic carbocycles. The van der Waals surface area contributed by atoms with Gasteiger partial charge in [-0.2, -0.15) is 9.97 Å². The van der Waals surface area contributed by atoms with Gasteiger partial charge in [-0.05, 0) is 56.3 Å². The third kappa shape index (κ3) is 5.44. The van der Waals surface area contributed by atoms with Crippen LogP contribution in [0.2, 0.25) is 5.02 Å². The Labute approximate surface area is 265 Å². The number of nitrogens with zero attached hydrogens (tertiary/aromatic N) is 7. The van der Waals surface area contributed by atoms with Gasteiger partial charge < -0.3 is 24.3 Å². The lowest BCUT2D eigenvalue weighted by Crippen LogP contribution is -2.58. The predicted molar refractivity (Wildman–Crippen MR) is 169 cm³/mol. The number of rotatable bonds is 7. The molecule has 234 valence electrons.